The van der Waals surface area contributed by atoms with E-state index in [1.54, 1.807) is 6.08 Å². The standard InChI is InChI=1S/C59H93NO5/c1-4-7-10-13-16-19-22-24-26-28-29-31-33-35-37-40-43-46-49-52-59(64)65-55(50-47-44-41-38-36-34-32-30-27-25-23-20-17-14-11-8-5-2)53-58(63)60-56(54-61)57(62)51-48-45-42-39-21-18-15-12-9-6-3/h7-8,10-11,16-17,19-20,24-27,29,31-32,34-35,37-38,41,43,46-47,50,55-57,61-62H,4-6,9,12-15,18,21-23,28,30,33,36,39-40,42,44-45,48-49,51-54H2,1-3H3,(H,60,63)/b10-7-,11-8-,19-16-,20-17-,26-24-,27-25-,31-29-,34-32-,37-35-,41-38-,46-43-,50-47-. The van der Waals surface area contributed by atoms with Crippen molar-refractivity contribution in [3.63, 3.8) is 0 Å². The molecule has 0 aliphatic carbocycles. The van der Waals surface area contributed by atoms with Crippen molar-refractivity contribution in [3.05, 3.63) is 146 Å². The minimum atomic E-state index is -0.841. The molecule has 0 rings (SSSR count). The number of nitrogens with one attached hydrogen (secondary N) is 1. The van der Waals surface area contributed by atoms with E-state index in [0.717, 1.165) is 89.9 Å². The highest BCUT2D eigenvalue weighted by molar-refractivity contribution is 5.78. The molecular formula is C59H93NO5. The van der Waals surface area contributed by atoms with E-state index in [2.05, 4.69) is 148 Å². The van der Waals surface area contributed by atoms with Crippen LogP contribution < -0.4 is 5.32 Å². The van der Waals surface area contributed by atoms with Crippen molar-refractivity contribution in [1.82, 2.24) is 5.32 Å². The van der Waals surface area contributed by atoms with Gasteiger partial charge >= 0.3 is 5.97 Å². The number of hydrogen-bond acceptors (Lipinski definition) is 5. The van der Waals surface area contributed by atoms with Gasteiger partial charge in [0.25, 0.3) is 0 Å². The number of allylic oxidation sites excluding steroid dienone is 23. The van der Waals surface area contributed by atoms with Gasteiger partial charge in [-0.05, 0) is 96.0 Å². The van der Waals surface area contributed by atoms with Gasteiger partial charge in [-0.3, -0.25) is 9.59 Å². The molecule has 3 atom stereocenters. The third kappa shape index (κ3) is 46.1. The van der Waals surface area contributed by atoms with Gasteiger partial charge in [-0.1, -0.05) is 225 Å². The number of rotatable bonds is 43. The average molecular weight is 896 g/mol. The van der Waals surface area contributed by atoms with Crippen molar-refractivity contribution in [2.24, 2.45) is 0 Å². The predicted octanol–water partition coefficient (Wildman–Crippen LogP) is 15.6. The van der Waals surface area contributed by atoms with Crippen molar-refractivity contribution in [1.29, 1.82) is 0 Å². The fourth-order valence-electron chi connectivity index (χ4n) is 6.63. The van der Waals surface area contributed by atoms with Crippen LogP contribution in [0.15, 0.2) is 146 Å². The molecule has 0 saturated heterocycles. The van der Waals surface area contributed by atoms with Crippen LogP contribution in [-0.4, -0.2) is 46.9 Å². The van der Waals surface area contributed by atoms with Crippen molar-refractivity contribution >= 4 is 11.9 Å². The Morgan fingerprint density at radius 3 is 1.22 bits per heavy atom. The van der Waals surface area contributed by atoms with E-state index in [1.165, 1.54) is 44.9 Å². The topological polar surface area (TPSA) is 95.9 Å². The maximum absolute atomic E-state index is 13.2. The third-order valence-corrected chi connectivity index (χ3v) is 10.4. The Bertz CT molecular complexity index is 1470. The summed E-state index contributed by atoms with van der Waals surface area (Å²) in [7, 11) is 0. The zero-order chi connectivity index (χ0) is 47.4. The van der Waals surface area contributed by atoms with Crippen LogP contribution in [0.1, 0.15) is 188 Å². The van der Waals surface area contributed by atoms with Gasteiger partial charge in [-0.15, -0.1) is 0 Å². The van der Waals surface area contributed by atoms with Gasteiger partial charge in [0, 0.05) is 6.42 Å². The Labute approximate surface area is 398 Å². The van der Waals surface area contributed by atoms with Crippen LogP contribution in [-0.2, 0) is 14.3 Å². The number of aliphatic hydroxyl groups is 2. The van der Waals surface area contributed by atoms with Crippen LogP contribution in [0.4, 0.5) is 0 Å². The SMILES string of the molecule is CC/C=C\C/C=C\C/C=C\C/C=C\C/C=C\C/C=C\CCC(=O)OC(/C=C\C/C=C\C/C=C\C/C=C\C/C=C\C/C=C\CC)CC(=O)NC(CO)C(O)CCCCCCCCCCCC. The zero-order valence-corrected chi connectivity index (χ0v) is 41.3. The van der Waals surface area contributed by atoms with E-state index < -0.39 is 18.2 Å². The molecule has 0 fully saturated rings. The molecular weight excluding hydrogens is 803 g/mol. The first kappa shape index (κ1) is 60.7. The molecule has 0 aliphatic heterocycles. The maximum Gasteiger partial charge on any atom is 0.306 e. The van der Waals surface area contributed by atoms with Gasteiger partial charge in [0.2, 0.25) is 5.91 Å². The number of esters is 1. The maximum atomic E-state index is 13.2. The Kier molecular flexibility index (Phi) is 47.4. The fraction of sp³-hybridized carbons (Fsp3) is 0.559. The molecule has 1 amide bonds. The summed E-state index contributed by atoms with van der Waals surface area (Å²) in [6, 6.07) is -0.768. The van der Waals surface area contributed by atoms with Crippen LogP contribution in [0, 0.1) is 0 Å². The van der Waals surface area contributed by atoms with Crippen LogP contribution in [0.3, 0.4) is 0 Å². The quantitative estimate of drug-likeness (QED) is 0.0322. The van der Waals surface area contributed by atoms with Crippen molar-refractivity contribution in [3.8, 4) is 0 Å². The van der Waals surface area contributed by atoms with Crippen LogP contribution in [0.2, 0.25) is 0 Å². The van der Waals surface area contributed by atoms with E-state index in [9.17, 15) is 19.8 Å². The number of unbranched alkanes of at least 4 members (excludes halogenated alkanes) is 9. The van der Waals surface area contributed by atoms with E-state index in [4.69, 9.17) is 4.74 Å². The van der Waals surface area contributed by atoms with E-state index in [0.29, 0.717) is 19.3 Å². The number of hydrogen-bond donors (Lipinski definition) is 3. The molecule has 65 heavy (non-hydrogen) atoms. The molecule has 0 aromatic carbocycles. The smallest absolute Gasteiger partial charge is 0.306 e. The first-order valence-corrected chi connectivity index (χ1v) is 25.6. The summed E-state index contributed by atoms with van der Waals surface area (Å²) in [5, 5.41) is 23.6. The van der Waals surface area contributed by atoms with Gasteiger partial charge in [0.05, 0.1) is 25.2 Å². The Hall–Kier alpha value is -4.26. The summed E-state index contributed by atoms with van der Waals surface area (Å²) in [6.45, 7) is 6.17. The van der Waals surface area contributed by atoms with Crippen molar-refractivity contribution in [2.75, 3.05) is 6.61 Å². The lowest BCUT2D eigenvalue weighted by molar-refractivity contribution is -0.148. The molecule has 0 saturated carbocycles. The van der Waals surface area contributed by atoms with Crippen LogP contribution >= 0.6 is 0 Å². The molecule has 0 aliphatic rings. The van der Waals surface area contributed by atoms with Gasteiger partial charge in [0.15, 0.2) is 0 Å². The van der Waals surface area contributed by atoms with Gasteiger partial charge in [-0.25, -0.2) is 0 Å². The molecule has 6 heteroatoms. The molecule has 3 N–H and O–H groups in total. The fourth-order valence-corrected chi connectivity index (χ4v) is 6.63. The van der Waals surface area contributed by atoms with E-state index >= 15 is 0 Å². The molecule has 0 spiro atoms. The lowest BCUT2D eigenvalue weighted by Gasteiger charge is -2.23. The highest BCUT2D eigenvalue weighted by Crippen LogP contribution is 2.14. The summed E-state index contributed by atoms with van der Waals surface area (Å²) in [5.74, 6) is -0.748. The first-order chi connectivity index (χ1) is 32.0. The molecule has 6 nitrogen and oxygen atoms in total. The van der Waals surface area contributed by atoms with Gasteiger partial charge < -0.3 is 20.3 Å². The minimum Gasteiger partial charge on any atom is -0.458 e. The molecule has 0 aromatic rings. The second-order valence-electron chi connectivity index (χ2n) is 16.5. The number of aliphatic hydroxyl groups excluding tert-OH is 2. The van der Waals surface area contributed by atoms with Crippen molar-refractivity contribution < 1.29 is 24.5 Å². The first-order valence-electron chi connectivity index (χ1n) is 25.6. The number of amides is 1. The Morgan fingerprint density at radius 2 is 0.831 bits per heavy atom. The van der Waals surface area contributed by atoms with Crippen molar-refractivity contribution in [2.45, 2.75) is 206 Å². The molecule has 0 aromatic heterocycles. The Balaban J connectivity index is 4.92. The molecule has 0 radical (unpaired) electrons. The third-order valence-electron chi connectivity index (χ3n) is 10.4. The summed E-state index contributed by atoms with van der Waals surface area (Å²) >= 11 is 0. The number of ether oxygens (including phenoxy) is 1. The number of carbonyl (C=O) groups is 2. The highest BCUT2D eigenvalue weighted by atomic mass is 16.5. The second kappa shape index (κ2) is 50.7. The summed E-state index contributed by atoms with van der Waals surface area (Å²) in [6.07, 6.45) is 73.7. The van der Waals surface area contributed by atoms with Gasteiger partial charge in [-0.2, -0.15) is 0 Å². The lowest BCUT2D eigenvalue weighted by Crippen LogP contribution is -2.46. The molecule has 0 bridgehead atoms. The number of carbonyl (C=O) groups excluding carboxylic acids is 2. The predicted molar refractivity (Wildman–Crippen MR) is 282 cm³/mol. The second-order valence-corrected chi connectivity index (χ2v) is 16.5. The molecule has 0 heterocycles. The molecule has 364 valence electrons. The van der Waals surface area contributed by atoms with Gasteiger partial charge in [0.1, 0.15) is 6.10 Å². The van der Waals surface area contributed by atoms with Crippen LogP contribution in [0.5, 0.6) is 0 Å². The van der Waals surface area contributed by atoms with Crippen LogP contribution in [0.25, 0.3) is 0 Å². The summed E-state index contributed by atoms with van der Waals surface area (Å²) in [5.41, 5.74) is 0. The lowest BCUT2D eigenvalue weighted by atomic mass is 10.0. The molecule has 3 unspecified atom stereocenters. The zero-order valence-electron chi connectivity index (χ0n) is 41.3. The summed E-state index contributed by atoms with van der Waals surface area (Å²) < 4.78 is 5.78. The highest BCUT2D eigenvalue weighted by Gasteiger charge is 2.23. The van der Waals surface area contributed by atoms with E-state index in [-0.39, 0.29) is 31.3 Å². The Morgan fingerprint density at radius 1 is 0.477 bits per heavy atom. The van der Waals surface area contributed by atoms with E-state index in [1.807, 2.05) is 18.2 Å². The normalized spacial score (nSPS) is 14.5. The largest absolute Gasteiger partial charge is 0.458 e. The summed E-state index contributed by atoms with van der Waals surface area (Å²) in [4.78, 5) is 26.0. The average Bonchev–Trinajstić information content (AvgIpc) is 3.30. The monoisotopic (exact) mass is 896 g/mol. The minimum absolute atomic E-state index is 0.0880.